The first kappa shape index (κ1) is 15.7. The lowest BCUT2D eigenvalue weighted by Gasteiger charge is -2.22. The monoisotopic (exact) mass is 313 g/mol. The number of ether oxygens (including phenoxy) is 1. The summed E-state index contributed by atoms with van der Waals surface area (Å²) in [5, 5.41) is 4.60. The summed E-state index contributed by atoms with van der Waals surface area (Å²) in [6, 6.07) is 3.67. The molecular formula is C16H21Cl2NO. The molecule has 0 bridgehead atoms. The van der Waals surface area contributed by atoms with Gasteiger partial charge in [0.05, 0.1) is 5.02 Å². The van der Waals surface area contributed by atoms with Crippen molar-refractivity contribution in [1.29, 1.82) is 0 Å². The van der Waals surface area contributed by atoms with Crippen molar-refractivity contribution in [1.82, 2.24) is 5.32 Å². The van der Waals surface area contributed by atoms with Gasteiger partial charge in [-0.05, 0) is 50.4 Å². The molecule has 1 aromatic rings. The Kier molecular flexibility index (Phi) is 6.21. The molecule has 0 radical (unpaired) electrons. The molecule has 1 aliphatic carbocycles. The highest BCUT2D eigenvalue weighted by molar-refractivity contribution is 6.35. The third-order valence-electron chi connectivity index (χ3n) is 3.31. The van der Waals surface area contributed by atoms with Crippen LogP contribution in [0.15, 0.2) is 24.3 Å². The lowest BCUT2D eigenvalue weighted by Crippen LogP contribution is -2.19. The average Bonchev–Trinajstić information content (AvgIpc) is 2.44. The summed E-state index contributed by atoms with van der Waals surface area (Å²) in [7, 11) is 0. The summed E-state index contributed by atoms with van der Waals surface area (Å²) < 4.78 is 6.09. The Labute approximate surface area is 131 Å². The number of benzene rings is 1. The molecule has 0 spiro atoms. The van der Waals surface area contributed by atoms with Crippen LogP contribution in [0.2, 0.25) is 10.0 Å². The van der Waals surface area contributed by atoms with E-state index in [0.717, 1.165) is 50.1 Å². The fourth-order valence-electron chi connectivity index (χ4n) is 2.31. The summed E-state index contributed by atoms with van der Waals surface area (Å²) in [5.41, 5.74) is 1.02. The molecule has 0 saturated carbocycles. The molecule has 1 aliphatic rings. The summed E-state index contributed by atoms with van der Waals surface area (Å²) >= 11 is 12.4. The van der Waals surface area contributed by atoms with E-state index in [1.54, 1.807) is 6.07 Å². The molecule has 20 heavy (non-hydrogen) atoms. The van der Waals surface area contributed by atoms with Crippen molar-refractivity contribution in [3.8, 4) is 5.75 Å². The van der Waals surface area contributed by atoms with Gasteiger partial charge in [0.25, 0.3) is 0 Å². The first-order valence-electron chi connectivity index (χ1n) is 7.22. The van der Waals surface area contributed by atoms with Gasteiger partial charge in [-0.2, -0.15) is 0 Å². The molecule has 1 atom stereocenters. The second-order valence-electron chi connectivity index (χ2n) is 5.07. The third-order valence-corrected chi connectivity index (χ3v) is 3.81. The maximum atomic E-state index is 6.31. The summed E-state index contributed by atoms with van der Waals surface area (Å²) in [4.78, 5) is 0. The zero-order valence-electron chi connectivity index (χ0n) is 11.8. The van der Waals surface area contributed by atoms with Crippen LogP contribution in [0.25, 0.3) is 0 Å². The maximum absolute atomic E-state index is 6.31. The molecule has 0 aliphatic heterocycles. The number of allylic oxidation sites excluding steroid dienone is 1. The van der Waals surface area contributed by atoms with Crippen LogP contribution in [0.4, 0.5) is 0 Å². The van der Waals surface area contributed by atoms with Crippen molar-refractivity contribution < 1.29 is 4.74 Å². The van der Waals surface area contributed by atoms with Crippen molar-refractivity contribution in [2.45, 2.75) is 45.3 Å². The van der Waals surface area contributed by atoms with Crippen LogP contribution in [-0.2, 0) is 6.54 Å². The van der Waals surface area contributed by atoms with Gasteiger partial charge >= 0.3 is 0 Å². The molecule has 1 unspecified atom stereocenters. The van der Waals surface area contributed by atoms with Crippen LogP contribution in [-0.4, -0.2) is 12.6 Å². The minimum atomic E-state index is 0.118. The molecule has 110 valence electrons. The maximum Gasteiger partial charge on any atom is 0.143 e. The Balaban J connectivity index is 2.15. The molecule has 0 heterocycles. The van der Waals surface area contributed by atoms with Crippen molar-refractivity contribution in [2.75, 3.05) is 6.54 Å². The van der Waals surface area contributed by atoms with Gasteiger partial charge in [-0.3, -0.25) is 0 Å². The summed E-state index contributed by atoms with van der Waals surface area (Å²) in [6.07, 6.45) is 8.85. The number of hydrogen-bond acceptors (Lipinski definition) is 2. The smallest absolute Gasteiger partial charge is 0.143 e. The Morgan fingerprint density at radius 3 is 2.90 bits per heavy atom. The molecule has 1 aromatic carbocycles. The van der Waals surface area contributed by atoms with E-state index in [1.807, 2.05) is 6.07 Å². The van der Waals surface area contributed by atoms with Gasteiger partial charge in [0.15, 0.2) is 0 Å². The molecule has 4 heteroatoms. The van der Waals surface area contributed by atoms with E-state index in [1.165, 1.54) is 0 Å². The zero-order chi connectivity index (χ0) is 14.4. The largest absolute Gasteiger partial charge is 0.484 e. The van der Waals surface area contributed by atoms with Crippen molar-refractivity contribution in [2.24, 2.45) is 0 Å². The topological polar surface area (TPSA) is 21.3 Å². The van der Waals surface area contributed by atoms with Crippen LogP contribution in [0.3, 0.4) is 0 Å². The SMILES string of the molecule is CCCNCc1cc(Cl)cc(Cl)c1OC1C=CCCC1. The van der Waals surface area contributed by atoms with E-state index in [-0.39, 0.29) is 6.10 Å². The Morgan fingerprint density at radius 1 is 1.35 bits per heavy atom. The van der Waals surface area contributed by atoms with Crippen molar-refractivity contribution >= 4 is 23.2 Å². The van der Waals surface area contributed by atoms with E-state index in [2.05, 4.69) is 24.4 Å². The number of rotatable bonds is 6. The predicted octanol–water partition coefficient (Wildman–Crippen LogP) is 4.98. The quantitative estimate of drug-likeness (QED) is 0.590. The van der Waals surface area contributed by atoms with E-state index in [4.69, 9.17) is 27.9 Å². The first-order chi connectivity index (χ1) is 9.70. The van der Waals surface area contributed by atoms with Crippen LogP contribution in [0.1, 0.15) is 38.2 Å². The zero-order valence-corrected chi connectivity index (χ0v) is 13.3. The molecule has 1 N–H and O–H groups in total. The molecule has 0 aromatic heterocycles. The summed E-state index contributed by atoms with van der Waals surface area (Å²) in [6.45, 7) is 3.83. The average molecular weight is 314 g/mol. The predicted molar refractivity (Wildman–Crippen MR) is 85.9 cm³/mol. The van der Waals surface area contributed by atoms with Crippen molar-refractivity contribution in [3.05, 3.63) is 39.9 Å². The van der Waals surface area contributed by atoms with Gasteiger partial charge in [0, 0.05) is 17.1 Å². The standard InChI is InChI=1S/C16H21Cl2NO/c1-2-8-19-11-12-9-13(17)10-15(18)16(12)20-14-6-4-3-5-7-14/h4,6,9-10,14,19H,2-3,5,7-8,11H2,1H3. The van der Waals surface area contributed by atoms with E-state index in [0.29, 0.717) is 10.0 Å². The molecule has 0 saturated heterocycles. The van der Waals surface area contributed by atoms with E-state index >= 15 is 0 Å². The van der Waals surface area contributed by atoms with Gasteiger partial charge in [-0.15, -0.1) is 0 Å². The highest BCUT2D eigenvalue weighted by Crippen LogP contribution is 2.34. The van der Waals surface area contributed by atoms with Gasteiger partial charge in [0.1, 0.15) is 11.9 Å². The lowest BCUT2D eigenvalue weighted by atomic mass is 10.1. The van der Waals surface area contributed by atoms with E-state index < -0.39 is 0 Å². The minimum absolute atomic E-state index is 0.118. The Hall–Kier alpha value is -0.700. The Morgan fingerprint density at radius 2 is 2.20 bits per heavy atom. The molecule has 0 fully saturated rings. The number of hydrogen-bond donors (Lipinski definition) is 1. The molecule has 2 rings (SSSR count). The number of nitrogens with one attached hydrogen (secondary N) is 1. The normalized spacial score (nSPS) is 18.2. The second-order valence-corrected chi connectivity index (χ2v) is 5.91. The van der Waals surface area contributed by atoms with Gasteiger partial charge in [-0.1, -0.05) is 36.2 Å². The fourth-order valence-corrected chi connectivity index (χ4v) is 2.89. The van der Waals surface area contributed by atoms with Crippen LogP contribution in [0, 0.1) is 0 Å². The molecular weight excluding hydrogens is 293 g/mol. The third kappa shape index (κ3) is 4.41. The molecule has 0 amide bonds. The van der Waals surface area contributed by atoms with E-state index in [9.17, 15) is 0 Å². The van der Waals surface area contributed by atoms with Crippen molar-refractivity contribution in [3.63, 3.8) is 0 Å². The highest BCUT2D eigenvalue weighted by atomic mass is 35.5. The van der Waals surface area contributed by atoms with Crippen LogP contribution in [0.5, 0.6) is 5.75 Å². The van der Waals surface area contributed by atoms with Crippen LogP contribution >= 0.6 is 23.2 Å². The fraction of sp³-hybridized carbons (Fsp3) is 0.500. The van der Waals surface area contributed by atoms with Crippen LogP contribution < -0.4 is 10.1 Å². The van der Waals surface area contributed by atoms with Gasteiger partial charge in [0.2, 0.25) is 0 Å². The lowest BCUT2D eigenvalue weighted by molar-refractivity contribution is 0.227. The van der Waals surface area contributed by atoms with Gasteiger partial charge < -0.3 is 10.1 Å². The first-order valence-corrected chi connectivity index (χ1v) is 7.98. The second kappa shape index (κ2) is 7.92. The highest BCUT2D eigenvalue weighted by Gasteiger charge is 2.16. The molecule has 2 nitrogen and oxygen atoms in total. The number of halogens is 2. The minimum Gasteiger partial charge on any atom is -0.484 e. The summed E-state index contributed by atoms with van der Waals surface area (Å²) in [5.74, 6) is 0.760. The van der Waals surface area contributed by atoms with Gasteiger partial charge in [-0.25, -0.2) is 0 Å². The Bertz CT molecular complexity index is 474.